The molecule has 0 aliphatic carbocycles. The molecule has 1 aliphatic rings. The van der Waals surface area contributed by atoms with Crippen molar-refractivity contribution in [3.05, 3.63) is 23.3 Å². The number of carbonyl (C=O) groups is 1. The number of hydrogen-bond donors (Lipinski definition) is 2. The standard InChI is InChI=1S/C12H16N6O/c1-7-5-8(2)18-12(14-7)16-10(17-18)11(19)15-9-3-4-13-6-9/h5,9,13H,3-4,6H2,1-2H3,(H,15,19). The molecule has 0 aromatic carbocycles. The zero-order valence-electron chi connectivity index (χ0n) is 11.0. The van der Waals surface area contributed by atoms with Crippen molar-refractivity contribution in [3.8, 4) is 0 Å². The molecule has 1 aliphatic heterocycles. The average molecular weight is 260 g/mol. The lowest BCUT2D eigenvalue weighted by Gasteiger charge is -2.08. The summed E-state index contributed by atoms with van der Waals surface area (Å²) in [6, 6.07) is 2.07. The summed E-state index contributed by atoms with van der Waals surface area (Å²) in [5.74, 6) is 0.400. The summed E-state index contributed by atoms with van der Waals surface area (Å²) in [5, 5.41) is 10.3. The zero-order chi connectivity index (χ0) is 13.4. The van der Waals surface area contributed by atoms with Crippen molar-refractivity contribution in [2.75, 3.05) is 13.1 Å². The molecule has 1 atom stereocenters. The van der Waals surface area contributed by atoms with Gasteiger partial charge in [0, 0.05) is 24.0 Å². The molecule has 1 saturated heterocycles. The Hall–Kier alpha value is -2.02. The van der Waals surface area contributed by atoms with Crippen LogP contribution in [0, 0.1) is 13.8 Å². The van der Waals surface area contributed by atoms with E-state index in [1.54, 1.807) is 4.52 Å². The number of carbonyl (C=O) groups excluding carboxylic acids is 1. The minimum absolute atomic E-state index is 0.162. The maximum atomic E-state index is 12.1. The molecule has 0 bridgehead atoms. The number of nitrogens with one attached hydrogen (secondary N) is 2. The van der Waals surface area contributed by atoms with Crippen LogP contribution >= 0.6 is 0 Å². The molecular weight excluding hydrogens is 244 g/mol. The third kappa shape index (κ3) is 2.28. The third-order valence-corrected chi connectivity index (χ3v) is 3.22. The predicted octanol–water partition coefficient (Wildman–Crippen LogP) is -0.167. The van der Waals surface area contributed by atoms with E-state index in [4.69, 9.17) is 0 Å². The van der Waals surface area contributed by atoms with Crippen molar-refractivity contribution < 1.29 is 4.79 Å². The van der Waals surface area contributed by atoms with Crippen LogP contribution in [0.3, 0.4) is 0 Å². The van der Waals surface area contributed by atoms with E-state index in [1.807, 2.05) is 19.9 Å². The van der Waals surface area contributed by atoms with E-state index in [2.05, 4.69) is 25.7 Å². The summed E-state index contributed by atoms with van der Waals surface area (Å²) in [6.07, 6.45) is 0.940. The molecule has 2 aromatic rings. The van der Waals surface area contributed by atoms with Gasteiger partial charge in [-0.1, -0.05) is 0 Å². The molecule has 7 nitrogen and oxygen atoms in total. The number of aryl methyl sites for hydroxylation is 2. The Kier molecular flexibility index (Phi) is 2.90. The predicted molar refractivity (Wildman–Crippen MR) is 69.0 cm³/mol. The van der Waals surface area contributed by atoms with Gasteiger partial charge in [-0.25, -0.2) is 9.50 Å². The summed E-state index contributed by atoms with van der Waals surface area (Å²) in [6.45, 7) is 5.55. The Morgan fingerprint density at radius 2 is 2.32 bits per heavy atom. The van der Waals surface area contributed by atoms with Crippen LogP contribution in [0.4, 0.5) is 0 Å². The van der Waals surface area contributed by atoms with Gasteiger partial charge in [-0.05, 0) is 32.9 Å². The first-order valence-corrected chi connectivity index (χ1v) is 6.36. The van der Waals surface area contributed by atoms with Crippen molar-refractivity contribution in [2.24, 2.45) is 0 Å². The van der Waals surface area contributed by atoms with Crippen LogP contribution in [-0.4, -0.2) is 44.6 Å². The molecule has 19 heavy (non-hydrogen) atoms. The van der Waals surface area contributed by atoms with Crippen LogP contribution in [0.5, 0.6) is 0 Å². The van der Waals surface area contributed by atoms with E-state index in [-0.39, 0.29) is 17.8 Å². The number of amides is 1. The van der Waals surface area contributed by atoms with Gasteiger partial charge in [-0.3, -0.25) is 4.79 Å². The highest BCUT2D eigenvalue weighted by Crippen LogP contribution is 2.06. The van der Waals surface area contributed by atoms with E-state index in [9.17, 15) is 4.79 Å². The average Bonchev–Trinajstić information content (AvgIpc) is 2.97. The Morgan fingerprint density at radius 3 is 3.05 bits per heavy atom. The van der Waals surface area contributed by atoms with E-state index >= 15 is 0 Å². The van der Waals surface area contributed by atoms with E-state index < -0.39 is 0 Å². The van der Waals surface area contributed by atoms with E-state index in [1.165, 1.54) is 0 Å². The molecule has 0 spiro atoms. The lowest BCUT2D eigenvalue weighted by Crippen LogP contribution is -2.36. The number of nitrogens with zero attached hydrogens (tertiary/aromatic N) is 4. The lowest BCUT2D eigenvalue weighted by atomic mass is 10.2. The summed E-state index contributed by atoms with van der Waals surface area (Å²) in [7, 11) is 0. The highest BCUT2D eigenvalue weighted by atomic mass is 16.2. The third-order valence-electron chi connectivity index (χ3n) is 3.22. The molecular formula is C12H16N6O. The van der Waals surface area contributed by atoms with Crippen LogP contribution in [0.1, 0.15) is 28.4 Å². The Labute approximate surface area is 110 Å². The van der Waals surface area contributed by atoms with Gasteiger partial charge in [0.05, 0.1) is 0 Å². The molecule has 2 aromatic heterocycles. The molecule has 3 rings (SSSR count). The molecule has 2 N–H and O–H groups in total. The highest BCUT2D eigenvalue weighted by Gasteiger charge is 2.21. The van der Waals surface area contributed by atoms with Gasteiger partial charge in [-0.15, -0.1) is 5.10 Å². The second-order valence-corrected chi connectivity index (χ2v) is 4.85. The van der Waals surface area contributed by atoms with Gasteiger partial charge in [0.1, 0.15) is 0 Å². The zero-order valence-corrected chi connectivity index (χ0v) is 11.0. The molecule has 1 fully saturated rings. The highest BCUT2D eigenvalue weighted by molar-refractivity contribution is 5.91. The van der Waals surface area contributed by atoms with Gasteiger partial charge >= 0.3 is 0 Å². The first kappa shape index (κ1) is 12.0. The number of fused-ring (bicyclic) bond motifs is 1. The van der Waals surface area contributed by atoms with Crippen molar-refractivity contribution in [2.45, 2.75) is 26.3 Å². The van der Waals surface area contributed by atoms with Crippen LogP contribution in [0.2, 0.25) is 0 Å². The maximum absolute atomic E-state index is 12.1. The van der Waals surface area contributed by atoms with Crippen LogP contribution in [-0.2, 0) is 0 Å². The SMILES string of the molecule is Cc1cc(C)n2nc(C(=O)NC3CCNC3)nc2n1. The fraction of sp³-hybridized carbons (Fsp3) is 0.500. The van der Waals surface area contributed by atoms with Crippen LogP contribution in [0.25, 0.3) is 5.78 Å². The van der Waals surface area contributed by atoms with Crippen molar-refractivity contribution in [1.82, 2.24) is 30.2 Å². The van der Waals surface area contributed by atoms with Gasteiger partial charge in [0.25, 0.3) is 11.7 Å². The molecule has 1 unspecified atom stereocenters. The van der Waals surface area contributed by atoms with Gasteiger partial charge in [0.2, 0.25) is 5.82 Å². The topological polar surface area (TPSA) is 84.2 Å². The van der Waals surface area contributed by atoms with Crippen LogP contribution in [0.15, 0.2) is 6.07 Å². The maximum Gasteiger partial charge on any atom is 0.291 e. The van der Waals surface area contributed by atoms with Gasteiger partial charge < -0.3 is 10.6 Å². The second-order valence-electron chi connectivity index (χ2n) is 4.85. The normalized spacial score (nSPS) is 18.9. The van der Waals surface area contributed by atoms with Crippen molar-refractivity contribution >= 4 is 11.7 Å². The molecule has 100 valence electrons. The molecule has 0 saturated carbocycles. The first-order chi connectivity index (χ1) is 9.13. The minimum Gasteiger partial charge on any atom is -0.345 e. The van der Waals surface area contributed by atoms with Gasteiger partial charge in [0.15, 0.2) is 0 Å². The number of hydrogen-bond acceptors (Lipinski definition) is 5. The summed E-state index contributed by atoms with van der Waals surface area (Å²) < 4.78 is 1.59. The van der Waals surface area contributed by atoms with Crippen LogP contribution < -0.4 is 10.6 Å². The fourth-order valence-corrected chi connectivity index (χ4v) is 2.29. The summed E-state index contributed by atoms with van der Waals surface area (Å²) in [4.78, 5) is 20.5. The first-order valence-electron chi connectivity index (χ1n) is 6.36. The Bertz CT molecular complexity index is 628. The molecule has 0 radical (unpaired) electrons. The number of rotatable bonds is 2. The quantitative estimate of drug-likeness (QED) is 0.783. The van der Waals surface area contributed by atoms with Crippen molar-refractivity contribution in [3.63, 3.8) is 0 Å². The second kappa shape index (κ2) is 4.58. The molecule has 3 heterocycles. The Balaban J connectivity index is 1.88. The minimum atomic E-state index is -0.240. The molecule has 7 heteroatoms. The Morgan fingerprint density at radius 1 is 1.47 bits per heavy atom. The fourth-order valence-electron chi connectivity index (χ4n) is 2.29. The smallest absolute Gasteiger partial charge is 0.291 e. The van der Waals surface area contributed by atoms with E-state index in [0.717, 1.165) is 30.9 Å². The lowest BCUT2D eigenvalue weighted by molar-refractivity contribution is 0.0930. The largest absolute Gasteiger partial charge is 0.345 e. The summed E-state index contributed by atoms with van der Waals surface area (Å²) in [5.41, 5.74) is 1.78. The number of aromatic nitrogens is 4. The summed E-state index contributed by atoms with van der Waals surface area (Å²) >= 11 is 0. The van der Waals surface area contributed by atoms with Gasteiger partial charge in [-0.2, -0.15) is 4.98 Å². The van der Waals surface area contributed by atoms with E-state index in [0.29, 0.717) is 5.78 Å². The monoisotopic (exact) mass is 260 g/mol. The van der Waals surface area contributed by atoms with Crippen molar-refractivity contribution in [1.29, 1.82) is 0 Å². The molecule has 1 amide bonds.